The van der Waals surface area contributed by atoms with Crippen LogP contribution < -0.4 is 9.61 Å². The minimum atomic E-state index is -0.421. The molecular formula is C27H24N4O4S. The fraction of sp³-hybridized carbons (Fsp3) is 0.185. The molecule has 36 heavy (non-hydrogen) atoms. The van der Waals surface area contributed by atoms with Gasteiger partial charge in [0.15, 0.2) is 5.82 Å². The quantitative estimate of drug-likeness (QED) is 0.296. The van der Waals surface area contributed by atoms with Gasteiger partial charge in [-0.15, -0.1) is 0 Å². The predicted molar refractivity (Wildman–Crippen MR) is 140 cm³/mol. The van der Waals surface area contributed by atoms with Crippen LogP contribution in [0.2, 0.25) is 0 Å². The number of ether oxygens (including phenoxy) is 2. The number of aromatic nitrogens is 4. The van der Waals surface area contributed by atoms with Gasteiger partial charge in [-0.3, -0.25) is 14.3 Å². The highest BCUT2D eigenvalue weighted by Gasteiger charge is 2.20. The van der Waals surface area contributed by atoms with E-state index in [2.05, 4.69) is 14.3 Å². The summed E-state index contributed by atoms with van der Waals surface area (Å²) < 4.78 is 17.1. The number of aromatic amines is 1. The first-order valence-electron chi connectivity index (χ1n) is 11.5. The lowest BCUT2D eigenvalue weighted by Gasteiger charge is -2.13. The normalized spacial score (nSPS) is 11.1. The number of rotatable bonds is 8. The van der Waals surface area contributed by atoms with E-state index in [1.165, 1.54) is 7.11 Å². The van der Waals surface area contributed by atoms with Gasteiger partial charge in [0, 0.05) is 17.1 Å². The molecular weight excluding hydrogens is 476 g/mol. The van der Waals surface area contributed by atoms with E-state index in [1.807, 2.05) is 66.1 Å². The Hall–Kier alpha value is -4.24. The van der Waals surface area contributed by atoms with Crippen LogP contribution in [0.25, 0.3) is 33.5 Å². The summed E-state index contributed by atoms with van der Waals surface area (Å²) in [4.78, 5) is 31.4. The van der Waals surface area contributed by atoms with E-state index < -0.39 is 5.97 Å². The molecule has 0 atom stereocenters. The molecule has 8 nitrogen and oxygen atoms in total. The number of carbonyl (C=O) groups is 1. The Morgan fingerprint density at radius 3 is 2.50 bits per heavy atom. The van der Waals surface area contributed by atoms with Crippen molar-refractivity contribution in [1.82, 2.24) is 18.9 Å². The van der Waals surface area contributed by atoms with Gasteiger partial charge in [0.2, 0.25) is 0 Å². The average molecular weight is 501 g/mol. The molecule has 5 rings (SSSR count). The highest BCUT2D eigenvalue weighted by molar-refractivity contribution is 7.03. The molecule has 0 bridgehead atoms. The number of nitrogens with zero attached hydrogens (tertiary/aromatic N) is 3. The van der Waals surface area contributed by atoms with Crippen molar-refractivity contribution in [2.24, 2.45) is 0 Å². The van der Waals surface area contributed by atoms with Crippen molar-refractivity contribution in [2.75, 3.05) is 13.7 Å². The first-order chi connectivity index (χ1) is 17.6. The van der Waals surface area contributed by atoms with Crippen LogP contribution in [0.5, 0.6) is 6.01 Å². The van der Waals surface area contributed by atoms with Crippen LogP contribution in [-0.4, -0.2) is 38.6 Å². The van der Waals surface area contributed by atoms with Crippen LogP contribution in [0, 0.1) is 0 Å². The lowest BCUT2D eigenvalue weighted by Crippen LogP contribution is -2.09. The van der Waals surface area contributed by atoms with Crippen molar-refractivity contribution in [2.45, 2.75) is 19.9 Å². The molecule has 5 aromatic rings. The summed E-state index contributed by atoms with van der Waals surface area (Å²) in [6, 6.07) is 21.8. The van der Waals surface area contributed by atoms with Crippen molar-refractivity contribution < 1.29 is 14.3 Å². The monoisotopic (exact) mass is 500 g/mol. The maximum atomic E-state index is 12.5. The van der Waals surface area contributed by atoms with Crippen LogP contribution in [0.15, 0.2) is 71.5 Å². The van der Waals surface area contributed by atoms with Crippen molar-refractivity contribution in [1.29, 1.82) is 0 Å². The Labute approximate surface area is 211 Å². The third-order valence-electron chi connectivity index (χ3n) is 5.80. The number of H-pyrrole nitrogens is 1. The maximum absolute atomic E-state index is 12.5. The SMILES string of the molecule is CCCOc1nc2cccc(C(=O)OC)c2n1Cc1ccc(-c2ccccc2-c2nsc(=O)[nH]2)cc1. The molecule has 0 aliphatic carbocycles. The van der Waals surface area contributed by atoms with E-state index in [9.17, 15) is 9.59 Å². The van der Waals surface area contributed by atoms with E-state index in [0.29, 0.717) is 41.6 Å². The molecule has 0 unspecified atom stereocenters. The number of esters is 1. The molecule has 0 spiro atoms. The maximum Gasteiger partial charge on any atom is 0.340 e. The second kappa shape index (κ2) is 10.2. The predicted octanol–water partition coefficient (Wildman–Crippen LogP) is 5.14. The highest BCUT2D eigenvalue weighted by atomic mass is 32.1. The Bertz CT molecular complexity index is 1580. The average Bonchev–Trinajstić information content (AvgIpc) is 3.50. The van der Waals surface area contributed by atoms with Crippen LogP contribution in [-0.2, 0) is 11.3 Å². The lowest BCUT2D eigenvalue weighted by molar-refractivity contribution is 0.0602. The van der Waals surface area contributed by atoms with Crippen LogP contribution in [0.1, 0.15) is 29.3 Å². The molecule has 3 aromatic carbocycles. The molecule has 0 aliphatic rings. The van der Waals surface area contributed by atoms with Gasteiger partial charge in [-0.1, -0.05) is 61.5 Å². The van der Waals surface area contributed by atoms with Gasteiger partial charge in [0.25, 0.3) is 6.01 Å². The number of hydrogen-bond acceptors (Lipinski definition) is 7. The fourth-order valence-electron chi connectivity index (χ4n) is 4.15. The zero-order chi connectivity index (χ0) is 25.1. The number of benzene rings is 3. The van der Waals surface area contributed by atoms with Gasteiger partial charge in [-0.05, 0) is 35.2 Å². The van der Waals surface area contributed by atoms with Gasteiger partial charge in [-0.25, -0.2) is 4.79 Å². The number of methoxy groups -OCH3 is 1. The summed E-state index contributed by atoms with van der Waals surface area (Å²) >= 11 is 0.906. The summed E-state index contributed by atoms with van der Waals surface area (Å²) in [5.41, 5.74) is 5.64. The van der Waals surface area contributed by atoms with Gasteiger partial charge >= 0.3 is 10.8 Å². The van der Waals surface area contributed by atoms with Gasteiger partial charge in [0.1, 0.15) is 0 Å². The minimum Gasteiger partial charge on any atom is -0.465 e. The first-order valence-corrected chi connectivity index (χ1v) is 12.3. The molecule has 182 valence electrons. The first kappa shape index (κ1) is 23.5. The smallest absolute Gasteiger partial charge is 0.340 e. The van der Waals surface area contributed by atoms with Crippen LogP contribution in [0.4, 0.5) is 0 Å². The number of carbonyl (C=O) groups excluding carboxylic acids is 1. The molecule has 1 N–H and O–H groups in total. The van der Waals surface area contributed by atoms with E-state index >= 15 is 0 Å². The molecule has 0 saturated heterocycles. The third-order valence-corrected chi connectivity index (χ3v) is 6.34. The van der Waals surface area contributed by atoms with Crippen molar-refractivity contribution >= 4 is 28.5 Å². The van der Waals surface area contributed by atoms with E-state index in [1.54, 1.807) is 12.1 Å². The summed E-state index contributed by atoms with van der Waals surface area (Å²) in [6.07, 6.45) is 0.839. The molecule has 2 aromatic heterocycles. The summed E-state index contributed by atoms with van der Waals surface area (Å²) in [7, 11) is 1.37. The van der Waals surface area contributed by atoms with Gasteiger partial charge in [-0.2, -0.15) is 9.36 Å². The lowest BCUT2D eigenvalue weighted by atomic mass is 9.98. The molecule has 0 amide bonds. The summed E-state index contributed by atoms with van der Waals surface area (Å²) in [5, 5.41) is 0. The topological polar surface area (TPSA) is 99.1 Å². The Kier molecular flexibility index (Phi) is 6.64. The van der Waals surface area contributed by atoms with E-state index in [-0.39, 0.29) is 4.87 Å². The van der Waals surface area contributed by atoms with Gasteiger partial charge < -0.3 is 9.47 Å². The number of fused-ring (bicyclic) bond motifs is 1. The molecule has 0 aliphatic heterocycles. The molecule has 0 fully saturated rings. The molecule has 9 heteroatoms. The molecule has 0 radical (unpaired) electrons. The Morgan fingerprint density at radius 2 is 1.81 bits per heavy atom. The van der Waals surface area contributed by atoms with Crippen molar-refractivity contribution in [3.05, 3.63) is 87.5 Å². The molecule has 2 heterocycles. The fourth-order valence-corrected chi connectivity index (χ4v) is 4.61. The number of hydrogen-bond donors (Lipinski definition) is 1. The summed E-state index contributed by atoms with van der Waals surface area (Å²) in [6.45, 7) is 3.01. The number of imidazole rings is 1. The minimum absolute atomic E-state index is 0.185. The zero-order valence-electron chi connectivity index (χ0n) is 19.9. The largest absolute Gasteiger partial charge is 0.465 e. The van der Waals surface area contributed by atoms with Crippen molar-refractivity contribution in [3.8, 4) is 28.5 Å². The number of nitrogens with one attached hydrogen (secondary N) is 1. The standard InChI is InChI=1S/C27H24N4O4S/c1-3-15-35-26-28-22-10-6-9-21(25(32)34-2)23(22)31(26)16-17-11-13-18(14-12-17)19-7-4-5-8-20(19)24-29-27(33)36-30-24/h4-14H,3,15-16H2,1-2H3,(H,29,30,33). The second-order valence-corrected chi connectivity index (χ2v) is 8.92. The van der Waals surface area contributed by atoms with Gasteiger partial charge in [0.05, 0.1) is 36.9 Å². The Balaban J connectivity index is 1.52. The number of para-hydroxylation sites is 1. The summed E-state index contributed by atoms with van der Waals surface area (Å²) in [5.74, 6) is 0.137. The van der Waals surface area contributed by atoms with Crippen LogP contribution in [0.3, 0.4) is 0 Å². The zero-order valence-corrected chi connectivity index (χ0v) is 20.7. The molecule has 0 saturated carbocycles. The third kappa shape index (κ3) is 4.52. The van der Waals surface area contributed by atoms with E-state index in [0.717, 1.165) is 40.2 Å². The Morgan fingerprint density at radius 1 is 1.03 bits per heavy atom. The van der Waals surface area contributed by atoms with Crippen LogP contribution >= 0.6 is 11.5 Å². The van der Waals surface area contributed by atoms with E-state index in [4.69, 9.17) is 9.47 Å². The van der Waals surface area contributed by atoms with Crippen molar-refractivity contribution in [3.63, 3.8) is 0 Å². The highest BCUT2D eigenvalue weighted by Crippen LogP contribution is 2.31. The second-order valence-electron chi connectivity index (χ2n) is 8.18.